The number of carbonyl (C=O) groups is 1. The minimum absolute atomic E-state index is 0.0600. The Balaban J connectivity index is 1.76. The van der Waals surface area contributed by atoms with Crippen LogP contribution in [0.4, 0.5) is 11.4 Å². The highest BCUT2D eigenvalue weighted by Crippen LogP contribution is 2.48. The number of hydrogen-bond acceptors (Lipinski definition) is 6. The van der Waals surface area contributed by atoms with Crippen LogP contribution < -0.4 is 10.7 Å². The van der Waals surface area contributed by atoms with E-state index in [4.69, 9.17) is 0 Å². The van der Waals surface area contributed by atoms with Crippen molar-refractivity contribution in [2.45, 2.75) is 4.87 Å². The minimum Gasteiger partial charge on any atom is -0.322 e. The topological polar surface area (TPSA) is 96.6 Å². The van der Waals surface area contributed by atoms with Crippen LogP contribution in [-0.2, 0) is 9.67 Å². The molecule has 0 aliphatic carbocycles. The maximum Gasteiger partial charge on any atom is 0.269 e. The number of amides is 1. The molecule has 4 rings (SSSR count). The highest BCUT2D eigenvalue weighted by Gasteiger charge is 2.52. The van der Waals surface area contributed by atoms with E-state index in [9.17, 15) is 14.9 Å². The third kappa shape index (κ3) is 1.99. The number of anilines is 1. The third-order valence-corrected chi connectivity index (χ3v) is 5.07. The summed E-state index contributed by atoms with van der Waals surface area (Å²) in [4.78, 5) is 21.9. The summed E-state index contributed by atoms with van der Waals surface area (Å²) in [5, 5.41) is 18.7. The van der Waals surface area contributed by atoms with Gasteiger partial charge in [-0.05, 0) is 6.07 Å². The van der Waals surface area contributed by atoms with E-state index in [-0.39, 0.29) is 11.6 Å². The molecule has 0 radical (unpaired) electrons. The van der Waals surface area contributed by atoms with Crippen LogP contribution in [0.15, 0.2) is 53.6 Å². The van der Waals surface area contributed by atoms with E-state index in [1.54, 1.807) is 6.07 Å². The highest BCUT2D eigenvalue weighted by molar-refractivity contribution is 8.16. The maximum absolute atomic E-state index is 12.5. The number of nitrogens with one attached hydrogen (secondary N) is 2. The Hall–Kier alpha value is -2.87. The number of hydrazone groups is 1. The van der Waals surface area contributed by atoms with Crippen LogP contribution in [0.5, 0.6) is 0 Å². The second-order valence-corrected chi connectivity index (χ2v) is 6.32. The van der Waals surface area contributed by atoms with E-state index in [1.165, 1.54) is 23.9 Å². The summed E-state index contributed by atoms with van der Waals surface area (Å²) < 4.78 is 0. The molecule has 0 fully saturated rings. The van der Waals surface area contributed by atoms with Gasteiger partial charge in [-0.15, -0.1) is 0 Å². The van der Waals surface area contributed by atoms with E-state index in [0.717, 1.165) is 5.56 Å². The van der Waals surface area contributed by atoms with Crippen molar-refractivity contribution >= 4 is 34.1 Å². The van der Waals surface area contributed by atoms with Crippen molar-refractivity contribution < 1.29 is 9.72 Å². The van der Waals surface area contributed by atoms with E-state index in [2.05, 4.69) is 15.8 Å². The Kier molecular flexibility index (Phi) is 2.88. The van der Waals surface area contributed by atoms with Gasteiger partial charge < -0.3 is 5.32 Å². The molecule has 8 heteroatoms. The average molecular weight is 326 g/mol. The van der Waals surface area contributed by atoms with E-state index in [0.29, 0.717) is 16.3 Å². The van der Waals surface area contributed by atoms with Gasteiger partial charge in [0.1, 0.15) is 5.04 Å². The molecule has 2 aliphatic rings. The molecule has 2 aromatic rings. The van der Waals surface area contributed by atoms with Crippen LogP contribution in [0.25, 0.3) is 0 Å². The number of nitro benzene ring substituents is 1. The zero-order valence-corrected chi connectivity index (χ0v) is 12.5. The van der Waals surface area contributed by atoms with Gasteiger partial charge in [0.15, 0.2) is 0 Å². The molecular formula is C15H10N4O3S. The van der Waals surface area contributed by atoms with Crippen molar-refractivity contribution in [3.05, 3.63) is 69.8 Å². The molecule has 2 N–H and O–H groups in total. The van der Waals surface area contributed by atoms with Crippen LogP contribution in [-0.4, -0.2) is 15.9 Å². The molecule has 1 amide bonds. The summed E-state index contributed by atoms with van der Waals surface area (Å²) in [6.45, 7) is 0. The first kappa shape index (κ1) is 13.8. The molecule has 0 bridgehead atoms. The predicted octanol–water partition coefficient (Wildman–Crippen LogP) is 2.40. The summed E-state index contributed by atoms with van der Waals surface area (Å²) in [6.07, 6.45) is 0. The normalized spacial score (nSPS) is 21.6. The molecule has 114 valence electrons. The maximum atomic E-state index is 12.5. The molecule has 0 saturated heterocycles. The van der Waals surface area contributed by atoms with Crippen molar-refractivity contribution in [1.82, 2.24) is 5.43 Å². The molecule has 2 aromatic carbocycles. The zero-order valence-electron chi connectivity index (χ0n) is 11.6. The minimum atomic E-state index is -1.16. The Labute approximate surface area is 134 Å². The summed E-state index contributed by atoms with van der Waals surface area (Å²) in [6, 6.07) is 13.8. The number of carbonyl (C=O) groups excluding carboxylic acids is 1. The quantitative estimate of drug-likeness (QED) is 0.652. The first-order valence-electron chi connectivity index (χ1n) is 6.80. The average Bonchev–Trinajstić information content (AvgIpc) is 3.12. The first-order chi connectivity index (χ1) is 11.1. The van der Waals surface area contributed by atoms with Gasteiger partial charge in [0.2, 0.25) is 4.87 Å². The van der Waals surface area contributed by atoms with Crippen LogP contribution in [0, 0.1) is 10.1 Å². The van der Waals surface area contributed by atoms with Gasteiger partial charge in [0, 0.05) is 28.9 Å². The number of non-ortho nitro benzene ring substituents is 1. The molecule has 1 spiro atoms. The molecule has 1 unspecified atom stereocenters. The third-order valence-electron chi connectivity index (χ3n) is 3.75. The molecule has 7 nitrogen and oxygen atoms in total. The fourth-order valence-electron chi connectivity index (χ4n) is 2.62. The molecule has 2 aliphatic heterocycles. The molecule has 0 aromatic heterocycles. The standard InChI is InChI=1S/C15H10N4O3S/c20-14-15(11-8-10(19(21)22)6-7-12(11)16-14)18-17-13(23-15)9-4-2-1-3-5-9/h1-8,18H,(H,16,20). The number of fused-ring (bicyclic) bond motifs is 2. The van der Waals surface area contributed by atoms with Gasteiger partial charge in [-0.2, -0.15) is 5.10 Å². The Bertz CT molecular complexity index is 868. The largest absolute Gasteiger partial charge is 0.322 e. The van der Waals surface area contributed by atoms with Gasteiger partial charge in [-0.25, -0.2) is 0 Å². The van der Waals surface area contributed by atoms with Crippen molar-refractivity contribution in [2.24, 2.45) is 5.10 Å². The monoisotopic (exact) mass is 326 g/mol. The Morgan fingerprint density at radius 2 is 1.96 bits per heavy atom. The lowest BCUT2D eigenvalue weighted by Gasteiger charge is -2.19. The fraction of sp³-hybridized carbons (Fsp3) is 0.0667. The van der Waals surface area contributed by atoms with E-state index >= 15 is 0 Å². The lowest BCUT2D eigenvalue weighted by atomic mass is 10.1. The number of nitro groups is 1. The SMILES string of the molecule is O=C1Nc2ccc([N+](=O)[O-])cc2C12NN=C(c1ccccc1)S2. The van der Waals surface area contributed by atoms with Crippen LogP contribution in [0.2, 0.25) is 0 Å². The summed E-state index contributed by atoms with van der Waals surface area (Å²) in [7, 11) is 0. The first-order valence-corrected chi connectivity index (χ1v) is 7.61. The van der Waals surface area contributed by atoms with Crippen molar-refractivity contribution in [1.29, 1.82) is 0 Å². The van der Waals surface area contributed by atoms with Gasteiger partial charge >= 0.3 is 0 Å². The summed E-state index contributed by atoms with van der Waals surface area (Å²) in [5.74, 6) is -0.285. The second kappa shape index (κ2) is 4.82. The van der Waals surface area contributed by atoms with Gasteiger partial charge in [-0.3, -0.25) is 20.3 Å². The molecule has 0 saturated carbocycles. The van der Waals surface area contributed by atoms with Crippen molar-refractivity contribution in [3.63, 3.8) is 0 Å². The number of thioether (sulfide) groups is 1. The fourth-order valence-corrected chi connectivity index (χ4v) is 3.76. The van der Waals surface area contributed by atoms with Crippen molar-refractivity contribution in [3.8, 4) is 0 Å². The predicted molar refractivity (Wildman–Crippen MR) is 87.1 cm³/mol. The van der Waals surface area contributed by atoms with Gasteiger partial charge in [-0.1, -0.05) is 42.1 Å². The number of benzene rings is 2. The Morgan fingerprint density at radius 3 is 2.70 bits per heavy atom. The summed E-state index contributed by atoms with van der Waals surface area (Å²) >= 11 is 1.25. The molecule has 23 heavy (non-hydrogen) atoms. The Morgan fingerprint density at radius 1 is 1.17 bits per heavy atom. The van der Waals surface area contributed by atoms with Gasteiger partial charge in [0.25, 0.3) is 11.6 Å². The van der Waals surface area contributed by atoms with Crippen LogP contribution >= 0.6 is 11.8 Å². The number of rotatable bonds is 2. The summed E-state index contributed by atoms with van der Waals surface area (Å²) in [5.41, 5.74) is 4.78. The van der Waals surface area contributed by atoms with Crippen LogP contribution in [0.3, 0.4) is 0 Å². The lowest BCUT2D eigenvalue weighted by molar-refractivity contribution is -0.384. The second-order valence-electron chi connectivity index (χ2n) is 5.12. The zero-order chi connectivity index (χ0) is 16.0. The highest BCUT2D eigenvalue weighted by atomic mass is 32.2. The van der Waals surface area contributed by atoms with Gasteiger partial charge in [0.05, 0.1) is 4.92 Å². The molecule has 1 atom stereocenters. The number of nitrogens with zero attached hydrogens (tertiary/aromatic N) is 2. The molecular weight excluding hydrogens is 316 g/mol. The van der Waals surface area contributed by atoms with Crippen molar-refractivity contribution in [2.75, 3.05) is 5.32 Å². The van der Waals surface area contributed by atoms with E-state index in [1.807, 2.05) is 30.3 Å². The number of hydrogen-bond donors (Lipinski definition) is 2. The smallest absolute Gasteiger partial charge is 0.269 e. The van der Waals surface area contributed by atoms with E-state index < -0.39 is 9.79 Å². The lowest BCUT2D eigenvalue weighted by Crippen LogP contribution is -2.39. The van der Waals surface area contributed by atoms with Crippen LogP contribution in [0.1, 0.15) is 11.1 Å². The molecule has 2 heterocycles.